The highest BCUT2D eigenvalue weighted by molar-refractivity contribution is 6.00. The SMILES string of the molecule is O=C(Nc1ccncc1)Nc1ccc2ncn(C3CCN(Cc4ccc(C(O)(CF)C(F)(F)F)cc4)CC3)c2c1. The average molecular weight is 557 g/mol. The van der Waals surface area contributed by atoms with Crippen molar-refractivity contribution in [3.8, 4) is 0 Å². The minimum absolute atomic E-state index is 0.191. The van der Waals surface area contributed by atoms with Crippen molar-refractivity contribution < 1.29 is 27.5 Å². The third-order valence-corrected chi connectivity index (χ3v) is 7.22. The number of carbonyl (C=O) groups excluding carboxylic acids is 1. The Morgan fingerprint density at radius 2 is 1.65 bits per heavy atom. The largest absolute Gasteiger partial charge is 0.424 e. The Bertz CT molecular complexity index is 1450. The molecule has 40 heavy (non-hydrogen) atoms. The van der Waals surface area contributed by atoms with Crippen LogP contribution in [0.25, 0.3) is 11.0 Å². The number of hydrogen-bond donors (Lipinski definition) is 3. The van der Waals surface area contributed by atoms with Crippen molar-refractivity contribution in [2.24, 2.45) is 0 Å². The van der Waals surface area contributed by atoms with Crippen LogP contribution in [0.15, 0.2) is 73.3 Å². The predicted molar refractivity (Wildman–Crippen MR) is 143 cm³/mol. The number of likely N-dealkylation sites (tertiary alicyclic amines) is 1. The van der Waals surface area contributed by atoms with Gasteiger partial charge in [-0.15, -0.1) is 0 Å². The van der Waals surface area contributed by atoms with Gasteiger partial charge in [-0.25, -0.2) is 14.2 Å². The van der Waals surface area contributed by atoms with Crippen LogP contribution in [0.5, 0.6) is 0 Å². The number of pyridine rings is 1. The van der Waals surface area contributed by atoms with E-state index in [2.05, 4.69) is 30.1 Å². The first kappa shape index (κ1) is 27.5. The Hall–Kier alpha value is -4.03. The highest BCUT2D eigenvalue weighted by Gasteiger charge is 2.55. The molecule has 1 saturated heterocycles. The average Bonchev–Trinajstić information content (AvgIpc) is 3.36. The van der Waals surface area contributed by atoms with Gasteiger partial charge < -0.3 is 20.3 Å². The molecule has 0 aliphatic carbocycles. The molecule has 0 radical (unpaired) electrons. The lowest BCUT2D eigenvalue weighted by molar-refractivity contribution is -0.271. The number of piperidine rings is 1. The molecule has 0 spiro atoms. The molecule has 12 heteroatoms. The lowest BCUT2D eigenvalue weighted by Gasteiger charge is -2.33. The molecule has 0 saturated carbocycles. The fourth-order valence-corrected chi connectivity index (χ4v) is 4.94. The van der Waals surface area contributed by atoms with E-state index in [-0.39, 0.29) is 12.1 Å². The van der Waals surface area contributed by atoms with Crippen molar-refractivity contribution in [2.75, 3.05) is 30.4 Å². The maximum Gasteiger partial charge on any atom is 0.424 e. The van der Waals surface area contributed by atoms with Crippen LogP contribution in [-0.4, -0.2) is 56.5 Å². The fourth-order valence-electron chi connectivity index (χ4n) is 4.94. The van der Waals surface area contributed by atoms with Gasteiger partial charge in [-0.2, -0.15) is 13.2 Å². The smallest absolute Gasteiger partial charge is 0.374 e. The van der Waals surface area contributed by atoms with Crippen LogP contribution in [0.4, 0.5) is 33.7 Å². The number of anilines is 2. The summed E-state index contributed by atoms with van der Waals surface area (Å²) in [5, 5.41) is 15.4. The first-order chi connectivity index (χ1) is 19.2. The fraction of sp³-hybridized carbons (Fsp3) is 0.321. The Morgan fingerprint density at radius 1 is 0.975 bits per heavy atom. The van der Waals surface area contributed by atoms with Gasteiger partial charge >= 0.3 is 12.2 Å². The van der Waals surface area contributed by atoms with Gasteiger partial charge in [0.25, 0.3) is 0 Å². The Kier molecular flexibility index (Phi) is 7.72. The van der Waals surface area contributed by atoms with Crippen LogP contribution < -0.4 is 10.6 Å². The van der Waals surface area contributed by atoms with E-state index in [4.69, 9.17) is 0 Å². The number of alkyl halides is 4. The first-order valence-electron chi connectivity index (χ1n) is 12.8. The summed E-state index contributed by atoms with van der Waals surface area (Å²) in [5.41, 5.74) is -0.262. The number of nitrogens with one attached hydrogen (secondary N) is 2. The number of hydrogen-bond acceptors (Lipinski definition) is 5. The number of carbonyl (C=O) groups is 1. The number of amides is 2. The minimum Gasteiger partial charge on any atom is -0.374 e. The second-order valence-electron chi connectivity index (χ2n) is 9.87. The number of aliphatic hydroxyl groups is 1. The third kappa shape index (κ3) is 5.77. The number of aromatic nitrogens is 3. The zero-order valence-electron chi connectivity index (χ0n) is 21.4. The van der Waals surface area contributed by atoms with Crippen molar-refractivity contribution >= 4 is 28.4 Å². The summed E-state index contributed by atoms with van der Waals surface area (Å²) in [6, 6.07) is 14.0. The van der Waals surface area contributed by atoms with E-state index >= 15 is 0 Å². The van der Waals surface area contributed by atoms with E-state index in [1.807, 2.05) is 12.1 Å². The van der Waals surface area contributed by atoms with E-state index in [1.54, 1.807) is 36.9 Å². The zero-order valence-corrected chi connectivity index (χ0v) is 21.4. The van der Waals surface area contributed by atoms with Crippen molar-refractivity contribution in [3.63, 3.8) is 0 Å². The quantitative estimate of drug-likeness (QED) is 0.257. The molecule has 1 aliphatic rings. The van der Waals surface area contributed by atoms with Crippen LogP contribution in [-0.2, 0) is 12.1 Å². The van der Waals surface area contributed by atoms with Gasteiger partial charge in [-0.1, -0.05) is 24.3 Å². The Labute approximate surface area is 227 Å². The summed E-state index contributed by atoms with van der Waals surface area (Å²) in [7, 11) is 0. The predicted octanol–water partition coefficient (Wildman–Crippen LogP) is 5.63. The highest BCUT2D eigenvalue weighted by atomic mass is 19.4. The molecule has 4 aromatic rings. The van der Waals surface area contributed by atoms with Gasteiger partial charge in [0, 0.05) is 49.4 Å². The molecule has 1 unspecified atom stereocenters. The molecule has 1 aliphatic heterocycles. The number of benzene rings is 2. The molecule has 210 valence electrons. The second kappa shape index (κ2) is 11.2. The summed E-state index contributed by atoms with van der Waals surface area (Å²) < 4.78 is 54.6. The molecule has 1 atom stereocenters. The summed E-state index contributed by atoms with van der Waals surface area (Å²) in [6.07, 6.45) is 1.55. The van der Waals surface area contributed by atoms with Crippen LogP contribution in [0.2, 0.25) is 0 Å². The maximum atomic E-state index is 13.1. The van der Waals surface area contributed by atoms with Gasteiger partial charge in [0.05, 0.1) is 17.4 Å². The van der Waals surface area contributed by atoms with Crippen molar-refractivity contribution in [2.45, 2.75) is 37.2 Å². The number of rotatable bonds is 7. The summed E-state index contributed by atoms with van der Waals surface area (Å²) in [4.78, 5) is 23.0. The van der Waals surface area contributed by atoms with Crippen LogP contribution in [0, 0.1) is 0 Å². The van der Waals surface area contributed by atoms with Gasteiger partial charge in [0.1, 0.15) is 6.67 Å². The molecule has 1 fully saturated rings. The van der Waals surface area contributed by atoms with E-state index in [0.717, 1.165) is 54.7 Å². The molecular weight excluding hydrogens is 528 g/mol. The van der Waals surface area contributed by atoms with E-state index < -0.39 is 24.0 Å². The molecule has 2 aromatic carbocycles. The van der Waals surface area contributed by atoms with E-state index in [9.17, 15) is 27.5 Å². The molecular formula is C28H28F4N6O2. The third-order valence-electron chi connectivity index (χ3n) is 7.22. The second-order valence-corrected chi connectivity index (χ2v) is 9.87. The Morgan fingerprint density at radius 3 is 2.30 bits per heavy atom. The number of imidazole rings is 1. The topological polar surface area (TPSA) is 95.3 Å². The lowest BCUT2D eigenvalue weighted by atomic mass is 9.93. The van der Waals surface area contributed by atoms with Crippen LogP contribution in [0.3, 0.4) is 0 Å². The molecule has 0 bridgehead atoms. The monoisotopic (exact) mass is 556 g/mol. The van der Waals surface area contributed by atoms with Gasteiger partial charge in [0.2, 0.25) is 5.60 Å². The number of fused-ring (bicyclic) bond motifs is 1. The summed E-state index contributed by atoms with van der Waals surface area (Å²) in [6.45, 7) is 0.103. The van der Waals surface area contributed by atoms with Gasteiger partial charge in [-0.05, 0) is 54.3 Å². The van der Waals surface area contributed by atoms with Crippen molar-refractivity contribution in [1.82, 2.24) is 19.4 Å². The first-order valence-corrected chi connectivity index (χ1v) is 12.8. The van der Waals surface area contributed by atoms with Crippen LogP contribution >= 0.6 is 0 Å². The van der Waals surface area contributed by atoms with Crippen molar-refractivity contribution in [3.05, 3.63) is 84.4 Å². The number of urea groups is 1. The summed E-state index contributed by atoms with van der Waals surface area (Å²) >= 11 is 0. The molecule has 5 rings (SSSR count). The highest BCUT2D eigenvalue weighted by Crippen LogP contribution is 2.39. The van der Waals surface area contributed by atoms with E-state index in [1.165, 1.54) is 12.1 Å². The molecule has 8 nitrogen and oxygen atoms in total. The maximum absolute atomic E-state index is 13.1. The molecule has 3 N–H and O–H groups in total. The Balaban J connectivity index is 1.20. The minimum atomic E-state index is -5.11. The zero-order chi connectivity index (χ0) is 28.3. The van der Waals surface area contributed by atoms with Gasteiger partial charge in [-0.3, -0.25) is 9.88 Å². The van der Waals surface area contributed by atoms with E-state index in [0.29, 0.717) is 17.9 Å². The molecule has 2 aromatic heterocycles. The van der Waals surface area contributed by atoms with Gasteiger partial charge in [0.15, 0.2) is 0 Å². The number of halogens is 4. The molecule has 3 heterocycles. The summed E-state index contributed by atoms with van der Waals surface area (Å²) in [5.74, 6) is 0. The standard InChI is InChI=1S/C28H28F4N6O2/c29-17-27(40,28(30,31)32)20-3-1-19(2-4-20)16-37-13-9-23(10-14-37)38-18-34-24-6-5-22(15-25(24)38)36-26(39)35-21-7-11-33-12-8-21/h1-8,11-12,15,18,23,40H,9-10,13-14,16-17H2,(H2,33,35,36,39). The molecule has 2 amide bonds. The number of nitrogens with zero attached hydrogens (tertiary/aromatic N) is 4. The van der Waals surface area contributed by atoms with Crippen molar-refractivity contribution in [1.29, 1.82) is 0 Å². The normalized spacial score (nSPS) is 16.5. The van der Waals surface area contributed by atoms with Crippen LogP contribution in [0.1, 0.15) is 30.0 Å². The lowest BCUT2D eigenvalue weighted by Crippen LogP contribution is -2.44.